The Morgan fingerprint density at radius 1 is 1.44 bits per heavy atom. The highest BCUT2D eigenvalue weighted by molar-refractivity contribution is 6.32. The van der Waals surface area contributed by atoms with Crippen LogP contribution in [0.3, 0.4) is 0 Å². The molecule has 3 heteroatoms. The lowest BCUT2D eigenvalue weighted by Gasteiger charge is -2.13. The van der Waals surface area contributed by atoms with Gasteiger partial charge in [-0.3, -0.25) is 0 Å². The van der Waals surface area contributed by atoms with E-state index in [0.29, 0.717) is 23.3 Å². The van der Waals surface area contributed by atoms with Gasteiger partial charge in [-0.05, 0) is 30.0 Å². The molecule has 0 spiro atoms. The molecule has 0 bridgehead atoms. The van der Waals surface area contributed by atoms with Crippen molar-refractivity contribution >= 4 is 11.6 Å². The Morgan fingerprint density at radius 3 is 2.75 bits per heavy atom. The highest BCUT2D eigenvalue weighted by Gasteiger charge is 2.05. The highest BCUT2D eigenvalue weighted by atomic mass is 35.5. The number of halogens is 1. The Bertz CT molecular complexity index is 326. The summed E-state index contributed by atoms with van der Waals surface area (Å²) < 4.78 is 5.64. The quantitative estimate of drug-likeness (QED) is 0.825. The summed E-state index contributed by atoms with van der Waals surface area (Å²) in [5.74, 6) is 1.24. The molecule has 0 saturated heterocycles. The first-order valence-electron chi connectivity index (χ1n) is 5.69. The molecule has 1 aromatic carbocycles. The summed E-state index contributed by atoms with van der Waals surface area (Å²) in [6.07, 6.45) is 2.33. The van der Waals surface area contributed by atoms with Gasteiger partial charge in [-0.2, -0.15) is 0 Å². The Balaban J connectivity index is 2.54. The van der Waals surface area contributed by atoms with Crippen molar-refractivity contribution in [1.82, 2.24) is 0 Å². The molecule has 0 aliphatic heterocycles. The molecule has 90 valence electrons. The molecule has 0 fully saturated rings. The van der Waals surface area contributed by atoms with Crippen molar-refractivity contribution in [3.63, 3.8) is 0 Å². The van der Waals surface area contributed by atoms with Gasteiger partial charge in [0.1, 0.15) is 5.75 Å². The standard InChI is InChI=1S/C13H19ClO2/c1-3-4-10(2)9-16-13-6-5-11(8-15)7-12(13)14/h5-7,10,15H,3-4,8-9H2,1-2H3. The number of hydrogen-bond donors (Lipinski definition) is 1. The van der Waals surface area contributed by atoms with Crippen LogP contribution in [0.4, 0.5) is 0 Å². The van der Waals surface area contributed by atoms with Crippen molar-refractivity contribution in [3.8, 4) is 5.75 Å². The van der Waals surface area contributed by atoms with Gasteiger partial charge in [-0.1, -0.05) is 37.9 Å². The molecule has 1 unspecified atom stereocenters. The first kappa shape index (κ1) is 13.3. The molecule has 1 N–H and O–H groups in total. The number of hydrogen-bond acceptors (Lipinski definition) is 2. The van der Waals surface area contributed by atoms with Crippen LogP contribution in [0.2, 0.25) is 5.02 Å². The summed E-state index contributed by atoms with van der Waals surface area (Å²) in [5.41, 5.74) is 0.805. The van der Waals surface area contributed by atoms with Crippen LogP contribution < -0.4 is 4.74 Å². The number of aliphatic hydroxyl groups is 1. The first-order valence-corrected chi connectivity index (χ1v) is 6.07. The molecule has 0 aromatic heterocycles. The zero-order chi connectivity index (χ0) is 12.0. The van der Waals surface area contributed by atoms with Gasteiger partial charge in [-0.15, -0.1) is 0 Å². The molecule has 16 heavy (non-hydrogen) atoms. The minimum atomic E-state index is 0.00619. The maximum atomic E-state index is 8.94. The number of benzene rings is 1. The largest absolute Gasteiger partial charge is 0.492 e. The van der Waals surface area contributed by atoms with Gasteiger partial charge in [0.05, 0.1) is 18.2 Å². The fourth-order valence-corrected chi connectivity index (χ4v) is 1.83. The SMILES string of the molecule is CCCC(C)COc1ccc(CO)cc1Cl. The molecule has 0 radical (unpaired) electrons. The predicted octanol–water partition coefficient (Wildman–Crippen LogP) is 3.65. The van der Waals surface area contributed by atoms with Crippen LogP contribution in [-0.2, 0) is 6.61 Å². The summed E-state index contributed by atoms with van der Waals surface area (Å²) in [6.45, 7) is 5.03. The normalized spacial score (nSPS) is 12.5. The Hall–Kier alpha value is -0.730. The van der Waals surface area contributed by atoms with E-state index in [4.69, 9.17) is 21.4 Å². The van der Waals surface area contributed by atoms with E-state index in [2.05, 4.69) is 13.8 Å². The Labute approximate surface area is 102 Å². The van der Waals surface area contributed by atoms with Gasteiger partial charge in [0.15, 0.2) is 0 Å². The molecule has 1 atom stereocenters. The third-order valence-electron chi connectivity index (χ3n) is 2.48. The van der Waals surface area contributed by atoms with Gasteiger partial charge < -0.3 is 9.84 Å². The topological polar surface area (TPSA) is 29.5 Å². The van der Waals surface area contributed by atoms with Gasteiger partial charge in [0.25, 0.3) is 0 Å². The van der Waals surface area contributed by atoms with Crippen LogP contribution in [0.25, 0.3) is 0 Å². The van der Waals surface area contributed by atoms with Gasteiger partial charge in [0, 0.05) is 0 Å². The Morgan fingerprint density at radius 2 is 2.19 bits per heavy atom. The molecule has 0 amide bonds. The summed E-state index contributed by atoms with van der Waals surface area (Å²) >= 11 is 6.03. The molecule has 1 aromatic rings. The van der Waals surface area contributed by atoms with Gasteiger partial charge >= 0.3 is 0 Å². The zero-order valence-electron chi connectivity index (χ0n) is 9.87. The minimum absolute atomic E-state index is 0.00619. The van der Waals surface area contributed by atoms with Crippen LogP contribution in [0.5, 0.6) is 5.75 Å². The molecule has 1 rings (SSSR count). The van der Waals surface area contributed by atoms with E-state index in [0.717, 1.165) is 12.0 Å². The number of ether oxygens (including phenoxy) is 1. The van der Waals surface area contributed by atoms with E-state index in [1.807, 2.05) is 12.1 Å². The maximum absolute atomic E-state index is 8.94. The summed E-state index contributed by atoms with van der Waals surface area (Å²) in [6, 6.07) is 5.37. The highest BCUT2D eigenvalue weighted by Crippen LogP contribution is 2.26. The second-order valence-electron chi connectivity index (χ2n) is 4.13. The van der Waals surface area contributed by atoms with Crippen molar-refractivity contribution in [2.45, 2.75) is 33.3 Å². The molecule has 2 nitrogen and oxygen atoms in total. The maximum Gasteiger partial charge on any atom is 0.137 e. The average Bonchev–Trinajstić information content (AvgIpc) is 2.27. The lowest BCUT2D eigenvalue weighted by atomic mass is 10.1. The van der Waals surface area contributed by atoms with E-state index >= 15 is 0 Å². The van der Waals surface area contributed by atoms with Crippen molar-refractivity contribution in [1.29, 1.82) is 0 Å². The Kier molecular flexibility index (Phi) is 5.64. The van der Waals surface area contributed by atoms with Crippen LogP contribution in [0.1, 0.15) is 32.3 Å². The van der Waals surface area contributed by atoms with Gasteiger partial charge in [0.2, 0.25) is 0 Å². The summed E-state index contributed by atoms with van der Waals surface area (Å²) in [5, 5.41) is 9.51. The van der Waals surface area contributed by atoms with Crippen LogP contribution >= 0.6 is 11.6 Å². The van der Waals surface area contributed by atoms with E-state index < -0.39 is 0 Å². The molecule has 0 aliphatic rings. The van der Waals surface area contributed by atoms with E-state index in [1.165, 1.54) is 6.42 Å². The minimum Gasteiger partial charge on any atom is -0.492 e. The third-order valence-corrected chi connectivity index (χ3v) is 2.78. The fraction of sp³-hybridized carbons (Fsp3) is 0.538. The molecular weight excluding hydrogens is 224 g/mol. The lowest BCUT2D eigenvalue weighted by molar-refractivity contribution is 0.251. The lowest BCUT2D eigenvalue weighted by Crippen LogP contribution is -2.08. The van der Waals surface area contributed by atoms with Crippen molar-refractivity contribution in [2.24, 2.45) is 5.92 Å². The molecule has 0 heterocycles. The number of rotatable bonds is 6. The first-order chi connectivity index (χ1) is 7.67. The van der Waals surface area contributed by atoms with Crippen molar-refractivity contribution in [2.75, 3.05) is 6.61 Å². The van der Waals surface area contributed by atoms with Crippen molar-refractivity contribution < 1.29 is 9.84 Å². The third kappa shape index (κ3) is 4.03. The second kappa shape index (κ2) is 6.77. The summed E-state index contributed by atoms with van der Waals surface area (Å²) in [4.78, 5) is 0. The average molecular weight is 243 g/mol. The van der Waals surface area contributed by atoms with Crippen LogP contribution in [-0.4, -0.2) is 11.7 Å². The predicted molar refractivity (Wildman–Crippen MR) is 66.9 cm³/mol. The number of aliphatic hydroxyl groups excluding tert-OH is 1. The smallest absolute Gasteiger partial charge is 0.137 e. The molecule has 0 saturated carbocycles. The fourth-order valence-electron chi connectivity index (χ4n) is 1.57. The van der Waals surface area contributed by atoms with E-state index in [1.54, 1.807) is 6.07 Å². The molecule has 0 aliphatic carbocycles. The van der Waals surface area contributed by atoms with Crippen molar-refractivity contribution in [3.05, 3.63) is 28.8 Å². The van der Waals surface area contributed by atoms with Crippen LogP contribution in [0, 0.1) is 5.92 Å². The zero-order valence-corrected chi connectivity index (χ0v) is 10.6. The molecular formula is C13H19ClO2. The van der Waals surface area contributed by atoms with Crippen LogP contribution in [0.15, 0.2) is 18.2 Å². The second-order valence-corrected chi connectivity index (χ2v) is 4.53. The monoisotopic (exact) mass is 242 g/mol. The van der Waals surface area contributed by atoms with Gasteiger partial charge in [-0.25, -0.2) is 0 Å². The van der Waals surface area contributed by atoms with E-state index in [9.17, 15) is 0 Å². The summed E-state index contributed by atoms with van der Waals surface area (Å²) in [7, 11) is 0. The van der Waals surface area contributed by atoms with E-state index in [-0.39, 0.29) is 6.61 Å².